The number of benzene rings is 2. The van der Waals surface area contributed by atoms with Gasteiger partial charge in [0.05, 0.1) is 11.9 Å². The summed E-state index contributed by atoms with van der Waals surface area (Å²) in [6, 6.07) is 15.0. The van der Waals surface area contributed by atoms with E-state index in [-0.39, 0.29) is 5.75 Å². The van der Waals surface area contributed by atoms with E-state index in [1.807, 2.05) is 36.4 Å². The lowest BCUT2D eigenvalue weighted by atomic mass is 10.1. The van der Waals surface area contributed by atoms with Crippen molar-refractivity contribution in [2.75, 3.05) is 0 Å². The molecule has 19 heavy (non-hydrogen) atoms. The van der Waals surface area contributed by atoms with Crippen LogP contribution < -0.4 is 0 Å². The molecule has 2 N–H and O–H groups in total. The Hall–Kier alpha value is -2.07. The van der Waals surface area contributed by atoms with Gasteiger partial charge >= 0.3 is 0 Å². The zero-order valence-corrected chi connectivity index (χ0v) is 11.6. The first-order valence-corrected chi connectivity index (χ1v) is 6.62. The number of imidazole rings is 1. The van der Waals surface area contributed by atoms with Crippen LogP contribution in [0.4, 0.5) is 0 Å². The first kappa shape index (κ1) is 12.0. The van der Waals surface area contributed by atoms with Crippen LogP contribution in [0.25, 0.3) is 22.6 Å². The Morgan fingerprint density at radius 3 is 2.58 bits per heavy atom. The van der Waals surface area contributed by atoms with Gasteiger partial charge in [-0.2, -0.15) is 0 Å². The molecule has 0 spiro atoms. The molecule has 0 aliphatic heterocycles. The summed E-state index contributed by atoms with van der Waals surface area (Å²) in [5, 5.41) is 9.49. The van der Waals surface area contributed by atoms with Crippen molar-refractivity contribution in [3.05, 3.63) is 59.2 Å². The molecule has 0 aliphatic rings. The van der Waals surface area contributed by atoms with E-state index in [4.69, 9.17) is 0 Å². The molecule has 0 fully saturated rings. The molecule has 1 aromatic heterocycles. The number of H-pyrrole nitrogens is 1. The van der Waals surface area contributed by atoms with E-state index in [0.29, 0.717) is 0 Å². The third-order valence-electron chi connectivity index (χ3n) is 2.83. The molecule has 0 atom stereocenters. The molecule has 3 aromatic rings. The van der Waals surface area contributed by atoms with Gasteiger partial charge in [0.1, 0.15) is 11.6 Å². The van der Waals surface area contributed by atoms with Gasteiger partial charge in [0, 0.05) is 15.6 Å². The third-order valence-corrected chi connectivity index (χ3v) is 3.32. The van der Waals surface area contributed by atoms with Crippen molar-refractivity contribution in [3.63, 3.8) is 0 Å². The summed E-state index contributed by atoms with van der Waals surface area (Å²) in [5.41, 5.74) is 2.81. The van der Waals surface area contributed by atoms with Crippen LogP contribution in [-0.4, -0.2) is 15.1 Å². The standard InChI is InChI=1S/C15H11BrN2O/c16-12-5-1-4-11(7-12)15-17-9-14(18-15)10-3-2-6-13(19)8-10/h1-9,19H,(H,17,18). The summed E-state index contributed by atoms with van der Waals surface area (Å²) >= 11 is 3.45. The first-order chi connectivity index (χ1) is 9.22. The summed E-state index contributed by atoms with van der Waals surface area (Å²) in [6.07, 6.45) is 1.77. The molecule has 0 saturated heterocycles. The molecule has 3 nitrogen and oxygen atoms in total. The number of hydrogen-bond acceptors (Lipinski definition) is 2. The molecular weight excluding hydrogens is 304 g/mol. The van der Waals surface area contributed by atoms with Crippen LogP contribution in [0.2, 0.25) is 0 Å². The largest absolute Gasteiger partial charge is 0.508 e. The van der Waals surface area contributed by atoms with Gasteiger partial charge in [-0.15, -0.1) is 0 Å². The highest BCUT2D eigenvalue weighted by Gasteiger charge is 2.06. The van der Waals surface area contributed by atoms with Crippen molar-refractivity contribution in [2.45, 2.75) is 0 Å². The smallest absolute Gasteiger partial charge is 0.137 e. The molecule has 0 saturated carbocycles. The van der Waals surface area contributed by atoms with Gasteiger partial charge in [0.25, 0.3) is 0 Å². The zero-order chi connectivity index (χ0) is 13.2. The summed E-state index contributed by atoms with van der Waals surface area (Å²) in [7, 11) is 0. The number of phenols is 1. The molecule has 0 unspecified atom stereocenters. The number of hydrogen-bond donors (Lipinski definition) is 2. The predicted molar refractivity (Wildman–Crippen MR) is 78.8 cm³/mol. The third kappa shape index (κ3) is 2.53. The van der Waals surface area contributed by atoms with Crippen molar-refractivity contribution >= 4 is 15.9 Å². The van der Waals surface area contributed by atoms with E-state index >= 15 is 0 Å². The molecule has 0 aliphatic carbocycles. The van der Waals surface area contributed by atoms with Crippen LogP contribution in [0, 0.1) is 0 Å². The normalized spacial score (nSPS) is 10.6. The number of rotatable bonds is 2. The molecular formula is C15H11BrN2O. The lowest BCUT2D eigenvalue weighted by molar-refractivity contribution is 0.475. The average Bonchev–Trinajstić information content (AvgIpc) is 2.88. The lowest BCUT2D eigenvalue weighted by Crippen LogP contribution is -1.81. The van der Waals surface area contributed by atoms with Crippen molar-refractivity contribution in [1.82, 2.24) is 9.97 Å². The molecule has 0 amide bonds. The van der Waals surface area contributed by atoms with Gasteiger partial charge < -0.3 is 10.1 Å². The minimum Gasteiger partial charge on any atom is -0.508 e. The molecule has 1 heterocycles. The van der Waals surface area contributed by atoms with Gasteiger partial charge in [-0.25, -0.2) is 4.98 Å². The molecule has 0 bridgehead atoms. The fourth-order valence-corrected chi connectivity index (χ4v) is 2.32. The van der Waals surface area contributed by atoms with E-state index in [1.54, 1.807) is 18.3 Å². The first-order valence-electron chi connectivity index (χ1n) is 5.83. The van der Waals surface area contributed by atoms with Crippen molar-refractivity contribution in [3.8, 4) is 28.4 Å². The Morgan fingerprint density at radius 2 is 1.79 bits per heavy atom. The number of aromatic nitrogens is 2. The monoisotopic (exact) mass is 314 g/mol. The Balaban J connectivity index is 2.00. The number of phenolic OH excluding ortho intramolecular Hbond substituents is 1. The number of aromatic hydroxyl groups is 1. The minimum absolute atomic E-state index is 0.246. The van der Waals surface area contributed by atoms with Crippen molar-refractivity contribution < 1.29 is 5.11 Å². The second-order valence-corrected chi connectivity index (χ2v) is 5.12. The summed E-state index contributed by atoms with van der Waals surface area (Å²) in [5.74, 6) is 1.05. The fraction of sp³-hybridized carbons (Fsp3) is 0. The lowest BCUT2D eigenvalue weighted by Gasteiger charge is -1.99. The van der Waals surface area contributed by atoms with Crippen LogP contribution in [0.15, 0.2) is 59.2 Å². The minimum atomic E-state index is 0.246. The topological polar surface area (TPSA) is 48.9 Å². The number of nitrogens with one attached hydrogen (secondary N) is 1. The second kappa shape index (κ2) is 4.90. The quantitative estimate of drug-likeness (QED) is 0.744. The fourth-order valence-electron chi connectivity index (χ4n) is 1.92. The van der Waals surface area contributed by atoms with Crippen LogP contribution in [0.1, 0.15) is 0 Å². The van der Waals surface area contributed by atoms with E-state index in [1.165, 1.54) is 0 Å². The van der Waals surface area contributed by atoms with Crippen molar-refractivity contribution in [2.24, 2.45) is 0 Å². The van der Waals surface area contributed by atoms with Gasteiger partial charge in [-0.1, -0.05) is 40.2 Å². The van der Waals surface area contributed by atoms with E-state index in [9.17, 15) is 5.11 Å². The highest BCUT2D eigenvalue weighted by molar-refractivity contribution is 9.10. The molecule has 2 aromatic carbocycles. The highest BCUT2D eigenvalue weighted by atomic mass is 79.9. The maximum absolute atomic E-state index is 9.49. The van der Waals surface area contributed by atoms with Crippen molar-refractivity contribution in [1.29, 1.82) is 0 Å². The molecule has 94 valence electrons. The summed E-state index contributed by atoms with van der Waals surface area (Å²) in [6.45, 7) is 0. The van der Waals surface area contributed by atoms with Crippen LogP contribution in [-0.2, 0) is 0 Å². The summed E-state index contributed by atoms with van der Waals surface area (Å²) in [4.78, 5) is 7.63. The maximum atomic E-state index is 9.49. The summed E-state index contributed by atoms with van der Waals surface area (Å²) < 4.78 is 1.01. The molecule has 4 heteroatoms. The maximum Gasteiger partial charge on any atom is 0.137 e. The SMILES string of the molecule is Oc1cccc(-c2cnc(-c3cccc(Br)c3)[nH]2)c1. The number of halogens is 1. The van der Waals surface area contributed by atoms with E-state index in [2.05, 4.69) is 25.9 Å². The van der Waals surface area contributed by atoms with Crippen LogP contribution in [0.5, 0.6) is 5.75 Å². The van der Waals surface area contributed by atoms with Gasteiger partial charge in [-0.3, -0.25) is 0 Å². The van der Waals surface area contributed by atoms with E-state index < -0.39 is 0 Å². The Labute approximate surface area is 119 Å². The van der Waals surface area contributed by atoms with Gasteiger partial charge in [-0.05, 0) is 24.3 Å². The molecule has 0 radical (unpaired) electrons. The Morgan fingerprint density at radius 1 is 1.00 bits per heavy atom. The zero-order valence-electron chi connectivity index (χ0n) is 9.97. The van der Waals surface area contributed by atoms with Gasteiger partial charge in [0.2, 0.25) is 0 Å². The van der Waals surface area contributed by atoms with Gasteiger partial charge in [0.15, 0.2) is 0 Å². The van der Waals surface area contributed by atoms with E-state index in [0.717, 1.165) is 27.1 Å². The number of aromatic amines is 1. The van der Waals surface area contributed by atoms with Crippen LogP contribution in [0.3, 0.4) is 0 Å². The average molecular weight is 315 g/mol. The Bertz CT molecular complexity index is 661. The highest BCUT2D eigenvalue weighted by Crippen LogP contribution is 2.25. The second-order valence-electron chi connectivity index (χ2n) is 4.21. The van der Waals surface area contributed by atoms with Crippen LogP contribution >= 0.6 is 15.9 Å². The predicted octanol–water partition coefficient (Wildman–Crippen LogP) is 4.21. The molecule has 3 rings (SSSR count). The Kier molecular flexibility index (Phi) is 3.09. The number of nitrogens with zero attached hydrogens (tertiary/aromatic N) is 1.